The third-order valence-electron chi connectivity index (χ3n) is 9.99. The molecule has 6 nitrogen and oxygen atoms in total. The predicted molar refractivity (Wildman–Crippen MR) is 247 cm³/mol. The molecule has 0 N–H and O–H groups in total. The number of ether oxygens (including phenoxy) is 3. The molecule has 332 valence electrons. The lowest BCUT2D eigenvalue weighted by molar-refractivity contribution is -0.166. The summed E-state index contributed by atoms with van der Waals surface area (Å²) in [7, 11) is 0. The topological polar surface area (TPSA) is 78.9 Å². The van der Waals surface area contributed by atoms with Crippen molar-refractivity contribution < 1.29 is 28.6 Å². The molecular weight excluding hydrogens is 721 g/mol. The lowest BCUT2D eigenvalue weighted by atomic mass is 10.0. The largest absolute Gasteiger partial charge is 0.462 e. The van der Waals surface area contributed by atoms with Crippen molar-refractivity contribution in [1.82, 2.24) is 0 Å². The van der Waals surface area contributed by atoms with Gasteiger partial charge in [0.05, 0.1) is 6.42 Å². The van der Waals surface area contributed by atoms with Crippen molar-refractivity contribution in [2.24, 2.45) is 0 Å². The van der Waals surface area contributed by atoms with E-state index < -0.39 is 12.1 Å². The third kappa shape index (κ3) is 44.0. The maximum absolute atomic E-state index is 12.7. The van der Waals surface area contributed by atoms with Gasteiger partial charge in [-0.3, -0.25) is 14.4 Å². The number of hydrogen-bond acceptors (Lipinski definition) is 6. The maximum atomic E-state index is 12.7. The molecule has 0 fully saturated rings. The van der Waals surface area contributed by atoms with Gasteiger partial charge in [-0.2, -0.15) is 0 Å². The normalized spacial score (nSPS) is 12.7. The Kier molecular flexibility index (Phi) is 44.0. The van der Waals surface area contributed by atoms with Crippen molar-refractivity contribution in [2.75, 3.05) is 13.2 Å². The first-order valence-electron chi connectivity index (χ1n) is 23.9. The summed E-state index contributed by atoms with van der Waals surface area (Å²) >= 11 is 0. The van der Waals surface area contributed by atoms with Crippen LogP contribution in [0.15, 0.2) is 72.9 Å². The molecule has 0 radical (unpaired) electrons. The van der Waals surface area contributed by atoms with Crippen LogP contribution >= 0.6 is 0 Å². The van der Waals surface area contributed by atoms with Crippen LogP contribution in [0, 0.1) is 0 Å². The molecule has 0 rings (SSSR count). The van der Waals surface area contributed by atoms with E-state index in [-0.39, 0.29) is 31.6 Å². The van der Waals surface area contributed by atoms with Gasteiger partial charge in [0, 0.05) is 12.8 Å². The fourth-order valence-corrected chi connectivity index (χ4v) is 6.46. The molecule has 0 bridgehead atoms. The number of rotatable bonds is 42. The van der Waals surface area contributed by atoms with E-state index in [0.717, 1.165) is 89.9 Å². The first-order valence-corrected chi connectivity index (χ1v) is 23.9. The fraction of sp³-hybridized carbons (Fsp3) is 0.712. The van der Waals surface area contributed by atoms with Crippen LogP contribution in [-0.4, -0.2) is 37.2 Å². The quantitative estimate of drug-likeness (QED) is 0.0264. The van der Waals surface area contributed by atoms with Crippen LogP contribution in [0.25, 0.3) is 0 Å². The van der Waals surface area contributed by atoms with Crippen LogP contribution < -0.4 is 0 Å². The van der Waals surface area contributed by atoms with Crippen molar-refractivity contribution in [3.8, 4) is 0 Å². The average molecular weight is 809 g/mol. The highest BCUT2D eigenvalue weighted by Crippen LogP contribution is 2.15. The van der Waals surface area contributed by atoms with Gasteiger partial charge in [-0.1, -0.05) is 209 Å². The average Bonchev–Trinajstić information content (AvgIpc) is 3.22. The van der Waals surface area contributed by atoms with Gasteiger partial charge in [0.2, 0.25) is 0 Å². The van der Waals surface area contributed by atoms with Gasteiger partial charge in [-0.25, -0.2) is 0 Å². The minimum Gasteiger partial charge on any atom is -0.462 e. The summed E-state index contributed by atoms with van der Waals surface area (Å²) in [5.74, 6) is -1.05. The Hall–Kier alpha value is -3.15. The van der Waals surface area contributed by atoms with Crippen LogP contribution in [0.5, 0.6) is 0 Å². The monoisotopic (exact) mass is 809 g/mol. The van der Waals surface area contributed by atoms with E-state index in [4.69, 9.17) is 14.2 Å². The Bertz CT molecular complexity index is 1110. The van der Waals surface area contributed by atoms with Crippen molar-refractivity contribution in [2.45, 2.75) is 226 Å². The van der Waals surface area contributed by atoms with Gasteiger partial charge >= 0.3 is 17.9 Å². The lowest BCUT2D eigenvalue weighted by Crippen LogP contribution is -2.30. The van der Waals surface area contributed by atoms with Gasteiger partial charge < -0.3 is 14.2 Å². The summed E-state index contributed by atoms with van der Waals surface area (Å²) < 4.78 is 16.6. The molecule has 0 aromatic carbocycles. The molecule has 0 aliphatic carbocycles. The second kappa shape index (κ2) is 46.5. The molecule has 0 heterocycles. The molecule has 0 spiro atoms. The van der Waals surface area contributed by atoms with E-state index in [0.29, 0.717) is 12.8 Å². The maximum Gasteiger partial charge on any atom is 0.309 e. The zero-order valence-electron chi connectivity index (χ0n) is 37.8. The van der Waals surface area contributed by atoms with E-state index in [9.17, 15) is 14.4 Å². The highest BCUT2D eigenvalue weighted by molar-refractivity contribution is 5.72. The number of carbonyl (C=O) groups excluding carboxylic acids is 3. The molecule has 58 heavy (non-hydrogen) atoms. The zero-order valence-corrected chi connectivity index (χ0v) is 37.8. The molecule has 0 saturated carbocycles. The van der Waals surface area contributed by atoms with Crippen LogP contribution in [-0.2, 0) is 28.6 Å². The Morgan fingerprint density at radius 1 is 0.379 bits per heavy atom. The molecule has 0 aliphatic rings. The molecule has 1 unspecified atom stereocenters. The first kappa shape index (κ1) is 54.9. The standard InChI is InChI=1S/C52H88O6/c1-4-7-10-13-16-19-21-23-25-27-28-30-33-36-39-42-45-51(54)57-48-49(47-56-50(53)44-41-38-35-32-18-15-12-9-6-3)58-52(55)46-43-40-37-34-31-29-26-24-22-20-17-14-11-8-5-2/h7,9-10,12,16,18-19,23,25,32,38,41,49H,4-6,8,11,13-15,17,20-22,24,26-31,33-37,39-40,42-48H2,1-3H3/b10-7-,12-9-,19-16-,25-23-,32-18-,41-38-. The summed E-state index contributed by atoms with van der Waals surface area (Å²) in [6.45, 7) is 6.30. The molecule has 0 saturated heterocycles. The Balaban J connectivity index is 4.40. The van der Waals surface area contributed by atoms with Crippen molar-refractivity contribution in [3.63, 3.8) is 0 Å². The van der Waals surface area contributed by atoms with E-state index in [2.05, 4.69) is 81.5 Å². The van der Waals surface area contributed by atoms with E-state index in [1.165, 1.54) is 89.9 Å². The first-order chi connectivity index (χ1) is 28.5. The van der Waals surface area contributed by atoms with Gasteiger partial charge in [0.25, 0.3) is 0 Å². The van der Waals surface area contributed by atoms with E-state index in [1.54, 1.807) is 6.08 Å². The fourth-order valence-electron chi connectivity index (χ4n) is 6.46. The Labute approximate surface area is 357 Å². The second-order valence-corrected chi connectivity index (χ2v) is 15.6. The number of allylic oxidation sites excluding steroid dienone is 11. The van der Waals surface area contributed by atoms with E-state index in [1.807, 2.05) is 6.08 Å². The van der Waals surface area contributed by atoms with Gasteiger partial charge in [-0.15, -0.1) is 0 Å². The molecule has 0 aromatic rings. The molecule has 0 aliphatic heterocycles. The Morgan fingerprint density at radius 3 is 1.21 bits per heavy atom. The second-order valence-electron chi connectivity index (χ2n) is 15.6. The smallest absolute Gasteiger partial charge is 0.309 e. The lowest BCUT2D eigenvalue weighted by Gasteiger charge is -2.18. The van der Waals surface area contributed by atoms with Crippen LogP contribution in [0.3, 0.4) is 0 Å². The highest BCUT2D eigenvalue weighted by Gasteiger charge is 2.19. The van der Waals surface area contributed by atoms with Gasteiger partial charge in [0.15, 0.2) is 6.10 Å². The van der Waals surface area contributed by atoms with E-state index >= 15 is 0 Å². The van der Waals surface area contributed by atoms with Crippen LogP contribution in [0.2, 0.25) is 0 Å². The van der Waals surface area contributed by atoms with Crippen LogP contribution in [0.1, 0.15) is 220 Å². The van der Waals surface area contributed by atoms with Crippen molar-refractivity contribution in [1.29, 1.82) is 0 Å². The number of hydrogen-bond donors (Lipinski definition) is 0. The highest BCUT2D eigenvalue weighted by atomic mass is 16.6. The summed E-state index contributed by atoms with van der Waals surface area (Å²) in [5.41, 5.74) is 0. The SMILES string of the molecule is CC/C=C\C/C=C\C/C=C\CCCCCCCCC(=O)OCC(COC(=O)C/C=C\C/C=C\C/C=C\CC)OC(=O)CCCCCCCCCCCCCCCCC. The number of unbranched alkanes of at least 4 members (excludes halogenated alkanes) is 20. The molecule has 0 aromatic heterocycles. The number of esters is 3. The Morgan fingerprint density at radius 2 is 0.741 bits per heavy atom. The summed E-state index contributed by atoms with van der Waals surface area (Å²) in [6.07, 6.45) is 57.8. The molecule has 0 amide bonds. The van der Waals surface area contributed by atoms with Gasteiger partial charge in [-0.05, 0) is 64.2 Å². The minimum absolute atomic E-state index is 0.108. The zero-order chi connectivity index (χ0) is 42.3. The number of carbonyl (C=O) groups is 3. The minimum atomic E-state index is -0.812. The summed E-state index contributed by atoms with van der Waals surface area (Å²) in [5, 5.41) is 0. The molecular formula is C52H88O6. The van der Waals surface area contributed by atoms with Crippen molar-refractivity contribution in [3.05, 3.63) is 72.9 Å². The van der Waals surface area contributed by atoms with Gasteiger partial charge in [0.1, 0.15) is 13.2 Å². The molecule has 1 atom stereocenters. The predicted octanol–water partition coefficient (Wildman–Crippen LogP) is 15.5. The third-order valence-corrected chi connectivity index (χ3v) is 9.99. The van der Waals surface area contributed by atoms with Crippen LogP contribution in [0.4, 0.5) is 0 Å². The molecule has 6 heteroatoms. The summed E-state index contributed by atoms with van der Waals surface area (Å²) in [6, 6.07) is 0. The van der Waals surface area contributed by atoms with Crippen molar-refractivity contribution >= 4 is 17.9 Å². The summed E-state index contributed by atoms with van der Waals surface area (Å²) in [4.78, 5) is 37.7.